The Hall–Kier alpha value is -3.73. The van der Waals surface area contributed by atoms with Gasteiger partial charge >= 0.3 is 5.69 Å². The van der Waals surface area contributed by atoms with Crippen LogP contribution in [0, 0.1) is 0 Å². The fourth-order valence-electron chi connectivity index (χ4n) is 4.02. The Kier molecular flexibility index (Phi) is 6.88. The normalized spacial score (nSPS) is 12.6. The van der Waals surface area contributed by atoms with E-state index in [4.69, 9.17) is 9.47 Å². The van der Waals surface area contributed by atoms with E-state index < -0.39 is 15.9 Å². The maximum atomic E-state index is 13.6. The van der Waals surface area contributed by atoms with Crippen LogP contribution in [0.2, 0.25) is 0 Å². The molecule has 4 aromatic rings. The van der Waals surface area contributed by atoms with Crippen LogP contribution in [-0.4, -0.2) is 58.2 Å². The third-order valence-electron chi connectivity index (χ3n) is 5.54. The molecule has 0 aromatic carbocycles. The molecule has 1 atom stereocenters. The summed E-state index contributed by atoms with van der Waals surface area (Å²) in [5.74, 6) is 0.295. The molecular formula is C24H27N5O5S. The first-order chi connectivity index (χ1) is 16.8. The second-order valence-corrected chi connectivity index (χ2v) is 10.1. The molecule has 0 saturated carbocycles. The summed E-state index contributed by atoms with van der Waals surface area (Å²) in [4.78, 5) is 27.1. The minimum atomic E-state index is -3.51. The molecule has 35 heavy (non-hydrogen) atoms. The van der Waals surface area contributed by atoms with E-state index >= 15 is 0 Å². The molecule has 0 radical (unpaired) electrons. The number of fused-ring (bicyclic) bond motifs is 1. The van der Waals surface area contributed by atoms with Crippen LogP contribution in [0.5, 0.6) is 11.6 Å². The summed E-state index contributed by atoms with van der Waals surface area (Å²) in [5, 5.41) is 0. The highest BCUT2D eigenvalue weighted by Gasteiger charge is 2.28. The van der Waals surface area contributed by atoms with Crippen LogP contribution in [0.15, 0.2) is 53.6 Å². The Morgan fingerprint density at radius 2 is 1.91 bits per heavy atom. The maximum absolute atomic E-state index is 13.6. The molecule has 0 aliphatic heterocycles. The molecule has 184 valence electrons. The topological polar surface area (TPSA) is 118 Å². The number of imidazole rings is 1. The highest BCUT2D eigenvalue weighted by molar-refractivity contribution is 7.90. The lowest BCUT2D eigenvalue weighted by molar-refractivity contribution is 0.296. The first-order valence-electron chi connectivity index (χ1n) is 11.1. The van der Waals surface area contributed by atoms with E-state index in [1.54, 1.807) is 29.1 Å². The van der Waals surface area contributed by atoms with Gasteiger partial charge in [0.1, 0.15) is 9.84 Å². The average molecular weight is 498 g/mol. The fraction of sp³-hybridized carbons (Fsp3) is 0.333. The zero-order valence-electron chi connectivity index (χ0n) is 20.0. The van der Waals surface area contributed by atoms with E-state index in [-0.39, 0.29) is 17.3 Å². The molecule has 11 heteroatoms. The summed E-state index contributed by atoms with van der Waals surface area (Å²) in [6.45, 7) is 4.38. The predicted octanol–water partition coefficient (Wildman–Crippen LogP) is 2.72. The Labute approximate surface area is 203 Å². The summed E-state index contributed by atoms with van der Waals surface area (Å²) >= 11 is 0. The lowest BCUT2D eigenvalue weighted by Gasteiger charge is -2.19. The molecule has 4 heterocycles. The molecule has 4 aromatic heterocycles. The molecule has 4 rings (SSSR count). The molecular weight excluding hydrogens is 470 g/mol. The van der Waals surface area contributed by atoms with E-state index in [2.05, 4.69) is 15.0 Å². The van der Waals surface area contributed by atoms with Crippen molar-refractivity contribution >= 4 is 21.0 Å². The number of ether oxygens (including phenoxy) is 2. The first kappa shape index (κ1) is 24.4. The molecule has 0 fully saturated rings. The Morgan fingerprint density at radius 1 is 1.11 bits per heavy atom. The van der Waals surface area contributed by atoms with Crippen molar-refractivity contribution in [2.45, 2.75) is 26.4 Å². The fourth-order valence-corrected chi connectivity index (χ4v) is 4.91. The molecule has 0 N–H and O–H groups in total. The van der Waals surface area contributed by atoms with Gasteiger partial charge in [-0.2, -0.15) is 0 Å². The highest BCUT2D eigenvalue weighted by Crippen LogP contribution is 2.30. The van der Waals surface area contributed by atoms with Gasteiger partial charge in [-0.1, -0.05) is 6.07 Å². The first-order valence-corrected chi connectivity index (χ1v) is 13.2. The van der Waals surface area contributed by atoms with Gasteiger partial charge in [-0.05, 0) is 44.2 Å². The van der Waals surface area contributed by atoms with Gasteiger partial charge < -0.3 is 9.47 Å². The summed E-state index contributed by atoms with van der Waals surface area (Å²) < 4.78 is 38.8. The number of rotatable bonds is 9. The number of pyridine rings is 3. The molecule has 0 aliphatic carbocycles. The number of nitrogens with zero attached hydrogens (tertiary/aromatic N) is 5. The molecule has 0 spiro atoms. The van der Waals surface area contributed by atoms with Crippen molar-refractivity contribution in [1.82, 2.24) is 24.1 Å². The van der Waals surface area contributed by atoms with E-state index in [0.29, 0.717) is 35.8 Å². The van der Waals surface area contributed by atoms with Crippen molar-refractivity contribution in [3.05, 3.63) is 65.0 Å². The minimum Gasteiger partial charge on any atom is -0.491 e. The molecule has 0 saturated heterocycles. The van der Waals surface area contributed by atoms with Crippen LogP contribution >= 0.6 is 0 Å². The van der Waals surface area contributed by atoms with Crippen molar-refractivity contribution in [3.63, 3.8) is 0 Å². The average Bonchev–Trinajstić information content (AvgIpc) is 3.12. The lowest BCUT2D eigenvalue weighted by Crippen LogP contribution is -2.32. The van der Waals surface area contributed by atoms with Crippen LogP contribution in [0.3, 0.4) is 0 Å². The predicted molar refractivity (Wildman–Crippen MR) is 133 cm³/mol. The van der Waals surface area contributed by atoms with Crippen LogP contribution in [0.25, 0.3) is 22.4 Å². The van der Waals surface area contributed by atoms with Crippen molar-refractivity contribution in [1.29, 1.82) is 0 Å². The number of methoxy groups -OCH3 is 1. The largest absolute Gasteiger partial charge is 0.491 e. The third kappa shape index (κ3) is 4.90. The standard InChI is InChI=1S/C24H27N5O5S/c1-5-28-19-13-16(17-9-7-8-12-25-17)14-26-22(19)29(24(28)30)20(15-35(4,31)32)18-10-11-21(33-3)23(27-18)34-6-2/h7-14,20H,5-6,15H2,1-4H3. The van der Waals surface area contributed by atoms with E-state index in [0.717, 1.165) is 17.5 Å². The van der Waals surface area contributed by atoms with Crippen molar-refractivity contribution < 1.29 is 17.9 Å². The molecule has 10 nitrogen and oxygen atoms in total. The monoisotopic (exact) mass is 497 g/mol. The van der Waals surface area contributed by atoms with E-state index in [1.165, 1.54) is 11.7 Å². The number of aryl methyl sites for hydroxylation is 1. The van der Waals surface area contributed by atoms with Crippen LogP contribution in [0.4, 0.5) is 0 Å². The zero-order valence-corrected chi connectivity index (χ0v) is 20.8. The van der Waals surface area contributed by atoms with Gasteiger partial charge in [-0.25, -0.2) is 23.2 Å². The van der Waals surface area contributed by atoms with Gasteiger partial charge in [0, 0.05) is 30.8 Å². The van der Waals surface area contributed by atoms with Gasteiger partial charge in [0.05, 0.1) is 42.4 Å². The molecule has 0 amide bonds. The van der Waals surface area contributed by atoms with Crippen molar-refractivity contribution in [2.24, 2.45) is 0 Å². The van der Waals surface area contributed by atoms with Gasteiger partial charge in [0.15, 0.2) is 11.4 Å². The molecule has 0 bridgehead atoms. The van der Waals surface area contributed by atoms with Gasteiger partial charge in [0.2, 0.25) is 0 Å². The number of hydrogen-bond donors (Lipinski definition) is 0. The highest BCUT2D eigenvalue weighted by atomic mass is 32.2. The quantitative estimate of drug-likeness (QED) is 0.346. The second kappa shape index (κ2) is 9.87. The Bertz CT molecular complexity index is 1510. The van der Waals surface area contributed by atoms with Gasteiger partial charge in [-0.15, -0.1) is 0 Å². The summed E-state index contributed by atoms with van der Waals surface area (Å²) in [5.41, 5.74) is 2.39. The number of aromatic nitrogens is 5. The molecule has 1 unspecified atom stereocenters. The maximum Gasteiger partial charge on any atom is 0.330 e. The van der Waals surface area contributed by atoms with Gasteiger partial charge in [0.25, 0.3) is 5.88 Å². The summed E-state index contributed by atoms with van der Waals surface area (Å²) in [7, 11) is -2.02. The van der Waals surface area contributed by atoms with Crippen LogP contribution in [-0.2, 0) is 16.4 Å². The smallest absolute Gasteiger partial charge is 0.330 e. The number of hydrogen-bond acceptors (Lipinski definition) is 8. The minimum absolute atomic E-state index is 0.226. The Balaban J connectivity index is 1.96. The van der Waals surface area contributed by atoms with Gasteiger partial charge in [-0.3, -0.25) is 14.1 Å². The Morgan fingerprint density at radius 3 is 2.54 bits per heavy atom. The molecule has 0 aliphatic rings. The summed E-state index contributed by atoms with van der Waals surface area (Å²) in [6.07, 6.45) is 4.44. The van der Waals surface area contributed by atoms with E-state index in [9.17, 15) is 13.2 Å². The second-order valence-electron chi connectivity index (χ2n) is 7.96. The lowest BCUT2D eigenvalue weighted by atomic mass is 10.1. The van der Waals surface area contributed by atoms with Crippen LogP contribution < -0.4 is 15.2 Å². The van der Waals surface area contributed by atoms with Crippen molar-refractivity contribution in [2.75, 3.05) is 25.7 Å². The SMILES string of the molecule is CCOc1nc(C(CS(C)(=O)=O)n2c(=O)n(CC)c3cc(-c4ccccn4)cnc32)ccc1OC. The van der Waals surface area contributed by atoms with Crippen molar-refractivity contribution in [3.8, 4) is 22.9 Å². The number of sulfone groups is 1. The summed E-state index contributed by atoms with van der Waals surface area (Å²) in [6, 6.07) is 9.76. The zero-order chi connectivity index (χ0) is 25.2. The van der Waals surface area contributed by atoms with E-state index in [1.807, 2.05) is 38.1 Å². The third-order valence-corrected chi connectivity index (χ3v) is 6.46. The van der Waals surface area contributed by atoms with Crippen LogP contribution in [0.1, 0.15) is 25.6 Å².